The van der Waals surface area contributed by atoms with Gasteiger partial charge in [0.15, 0.2) is 0 Å². The zero-order valence-electron chi connectivity index (χ0n) is 10.9. The van der Waals surface area contributed by atoms with Gasteiger partial charge in [0.1, 0.15) is 11.6 Å². The van der Waals surface area contributed by atoms with E-state index >= 15 is 0 Å². The quantitative estimate of drug-likeness (QED) is 0.837. The van der Waals surface area contributed by atoms with E-state index in [2.05, 4.69) is 10.0 Å². The van der Waals surface area contributed by atoms with Crippen molar-refractivity contribution in [3.63, 3.8) is 0 Å². The lowest BCUT2D eigenvalue weighted by atomic mass is 10.3. The number of halogens is 2. The van der Waals surface area contributed by atoms with Crippen LogP contribution in [0.1, 0.15) is 0 Å². The highest BCUT2D eigenvalue weighted by atomic mass is 32.2. The van der Waals surface area contributed by atoms with Gasteiger partial charge in [0, 0.05) is 38.8 Å². The Morgan fingerprint density at radius 2 is 1.95 bits per heavy atom. The van der Waals surface area contributed by atoms with E-state index < -0.39 is 21.7 Å². The molecule has 8 heteroatoms. The van der Waals surface area contributed by atoms with Crippen LogP contribution in [-0.2, 0) is 10.0 Å². The Labute approximate surface area is 117 Å². The van der Waals surface area contributed by atoms with Crippen molar-refractivity contribution in [3.05, 3.63) is 29.8 Å². The van der Waals surface area contributed by atoms with Crippen LogP contribution in [0.15, 0.2) is 18.2 Å². The fourth-order valence-electron chi connectivity index (χ4n) is 1.97. The summed E-state index contributed by atoms with van der Waals surface area (Å²) in [6.45, 7) is 3.64. The van der Waals surface area contributed by atoms with Gasteiger partial charge in [-0.05, 0) is 12.1 Å². The molecule has 0 bridgehead atoms. The highest BCUT2D eigenvalue weighted by Gasteiger charge is 2.17. The molecule has 0 aliphatic carbocycles. The van der Waals surface area contributed by atoms with Gasteiger partial charge in [-0.25, -0.2) is 17.2 Å². The Bertz CT molecular complexity index is 560. The van der Waals surface area contributed by atoms with Crippen LogP contribution in [0.3, 0.4) is 0 Å². The predicted molar refractivity (Wildman–Crippen MR) is 73.1 cm³/mol. The summed E-state index contributed by atoms with van der Waals surface area (Å²) in [6, 6.07) is 2.73. The number of rotatable bonds is 5. The SMILES string of the molecule is O=S(=O)(CCN1CCNCC1)Nc1ccc(F)cc1F. The minimum Gasteiger partial charge on any atom is -0.314 e. The summed E-state index contributed by atoms with van der Waals surface area (Å²) in [6.07, 6.45) is 0. The van der Waals surface area contributed by atoms with E-state index in [-0.39, 0.29) is 11.4 Å². The van der Waals surface area contributed by atoms with E-state index in [1.165, 1.54) is 0 Å². The first-order valence-electron chi connectivity index (χ1n) is 6.35. The molecular weight excluding hydrogens is 288 g/mol. The van der Waals surface area contributed by atoms with Gasteiger partial charge in [-0.3, -0.25) is 9.62 Å². The number of nitrogens with zero attached hydrogens (tertiary/aromatic N) is 1. The second kappa shape index (κ2) is 6.47. The first-order valence-corrected chi connectivity index (χ1v) is 8.00. The molecular formula is C12H17F2N3O2S. The van der Waals surface area contributed by atoms with Gasteiger partial charge in [-0.15, -0.1) is 0 Å². The third-order valence-corrected chi connectivity index (χ3v) is 4.33. The van der Waals surface area contributed by atoms with Crippen molar-refractivity contribution in [1.82, 2.24) is 10.2 Å². The second-order valence-corrected chi connectivity index (χ2v) is 6.48. The van der Waals surface area contributed by atoms with Crippen LogP contribution in [0.4, 0.5) is 14.5 Å². The van der Waals surface area contributed by atoms with Crippen LogP contribution in [0.2, 0.25) is 0 Å². The molecule has 0 saturated carbocycles. The highest BCUT2D eigenvalue weighted by Crippen LogP contribution is 2.16. The monoisotopic (exact) mass is 305 g/mol. The molecule has 5 nitrogen and oxygen atoms in total. The van der Waals surface area contributed by atoms with Crippen molar-refractivity contribution in [3.8, 4) is 0 Å². The lowest BCUT2D eigenvalue weighted by molar-refractivity contribution is 0.254. The molecule has 20 heavy (non-hydrogen) atoms. The van der Waals surface area contributed by atoms with Gasteiger partial charge in [0.05, 0.1) is 11.4 Å². The van der Waals surface area contributed by atoms with E-state index in [4.69, 9.17) is 0 Å². The number of anilines is 1. The van der Waals surface area contributed by atoms with Crippen LogP contribution in [0, 0.1) is 11.6 Å². The maximum atomic E-state index is 13.4. The minimum atomic E-state index is -3.64. The van der Waals surface area contributed by atoms with Gasteiger partial charge >= 0.3 is 0 Å². The zero-order valence-corrected chi connectivity index (χ0v) is 11.7. The van der Waals surface area contributed by atoms with Crippen LogP contribution >= 0.6 is 0 Å². The molecule has 0 atom stereocenters. The van der Waals surface area contributed by atoms with Crippen LogP contribution < -0.4 is 10.0 Å². The average molecular weight is 305 g/mol. The number of piperazine rings is 1. The predicted octanol–water partition coefficient (Wildman–Crippen LogP) is 0.612. The largest absolute Gasteiger partial charge is 0.314 e. The molecule has 0 radical (unpaired) electrons. The number of nitrogens with one attached hydrogen (secondary N) is 2. The van der Waals surface area contributed by atoms with Gasteiger partial charge in [0.25, 0.3) is 0 Å². The molecule has 112 valence electrons. The number of hydrogen-bond donors (Lipinski definition) is 2. The van der Waals surface area contributed by atoms with Gasteiger partial charge < -0.3 is 5.32 Å². The lowest BCUT2D eigenvalue weighted by Crippen LogP contribution is -2.45. The molecule has 0 spiro atoms. The Balaban J connectivity index is 1.93. The third-order valence-electron chi connectivity index (χ3n) is 3.08. The van der Waals surface area contributed by atoms with E-state index in [0.29, 0.717) is 12.6 Å². The maximum Gasteiger partial charge on any atom is 0.234 e. The van der Waals surface area contributed by atoms with Crippen molar-refractivity contribution in [2.24, 2.45) is 0 Å². The molecule has 2 rings (SSSR count). The topological polar surface area (TPSA) is 61.4 Å². The van der Waals surface area contributed by atoms with Crippen LogP contribution in [-0.4, -0.2) is 51.8 Å². The average Bonchev–Trinajstić information content (AvgIpc) is 2.41. The first kappa shape index (κ1) is 15.1. The second-order valence-electron chi connectivity index (χ2n) is 4.64. The molecule has 0 amide bonds. The summed E-state index contributed by atoms with van der Waals surface area (Å²) >= 11 is 0. The Kier molecular flexibility index (Phi) is 4.90. The van der Waals surface area contributed by atoms with Gasteiger partial charge in [-0.2, -0.15) is 0 Å². The molecule has 0 aromatic heterocycles. The van der Waals surface area contributed by atoms with Crippen LogP contribution in [0.5, 0.6) is 0 Å². The fraction of sp³-hybridized carbons (Fsp3) is 0.500. The molecule has 1 heterocycles. The summed E-state index contributed by atoms with van der Waals surface area (Å²) < 4.78 is 52.0. The summed E-state index contributed by atoms with van der Waals surface area (Å²) in [5, 5.41) is 3.17. The minimum absolute atomic E-state index is 0.121. The molecule has 1 aliphatic heterocycles. The van der Waals surface area contributed by atoms with Crippen LogP contribution in [0.25, 0.3) is 0 Å². The van der Waals surface area contributed by atoms with Gasteiger partial charge in [-0.1, -0.05) is 0 Å². The number of sulfonamides is 1. The van der Waals surface area contributed by atoms with Crippen molar-refractivity contribution < 1.29 is 17.2 Å². The maximum absolute atomic E-state index is 13.4. The summed E-state index contributed by atoms with van der Waals surface area (Å²) in [5.74, 6) is -1.79. The van der Waals surface area contributed by atoms with Crippen molar-refractivity contribution >= 4 is 15.7 Å². The smallest absolute Gasteiger partial charge is 0.234 e. The third kappa shape index (κ3) is 4.39. The van der Waals surface area contributed by atoms with Crippen molar-refractivity contribution in [2.75, 3.05) is 43.2 Å². The molecule has 1 aliphatic rings. The molecule has 1 aromatic carbocycles. The molecule has 1 fully saturated rings. The van der Waals surface area contributed by atoms with Crippen molar-refractivity contribution in [1.29, 1.82) is 0 Å². The fourth-order valence-corrected chi connectivity index (χ4v) is 3.08. The first-order chi connectivity index (χ1) is 9.46. The van der Waals surface area contributed by atoms with E-state index in [0.717, 1.165) is 38.3 Å². The molecule has 1 aromatic rings. The zero-order chi connectivity index (χ0) is 14.6. The summed E-state index contributed by atoms with van der Waals surface area (Å²) in [7, 11) is -3.64. The molecule has 0 unspecified atom stereocenters. The molecule has 2 N–H and O–H groups in total. The summed E-state index contributed by atoms with van der Waals surface area (Å²) in [4.78, 5) is 2.02. The lowest BCUT2D eigenvalue weighted by Gasteiger charge is -2.26. The Morgan fingerprint density at radius 1 is 1.25 bits per heavy atom. The number of hydrogen-bond acceptors (Lipinski definition) is 4. The highest BCUT2D eigenvalue weighted by molar-refractivity contribution is 7.92. The van der Waals surface area contributed by atoms with E-state index in [9.17, 15) is 17.2 Å². The number of benzene rings is 1. The standard InChI is InChI=1S/C12H17F2N3O2S/c13-10-1-2-12(11(14)9-10)16-20(18,19)8-7-17-5-3-15-4-6-17/h1-2,9,15-16H,3-8H2. The van der Waals surface area contributed by atoms with Crippen molar-refractivity contribution in [2.45, 2.75) is 0 Å². The van der Waals surface area contributed by atoms with Gasteiger partial charge in [0.2, 0.25) is 10.0 Å². The molecule has 1 saturated heterocycles. The van der Waals surface area contributed by atoms with E-state index in [1.54, 1.807) is 0 Å². The van der Waals surface area contributed by atoms with E-state index in [1.807, 2.05) is 4.90 Å². The summed E-state index contributed by atoms with van der Waals surface area (Å²) in [5.41, 5.74) is -0.230. The Hall–Kier alpha value is -1.25. The normalized spacial score (nSPS) is 17.1. The Morgan fingerprint density at radius 3 is 2.60 bits per heavy atom.